The molecular weight excluding hydrogens is 457 g/mol. The van der Waals surface area contributed by atoms with Gasteiger partial charge in [0, 0.05) is 17.8 Å². The summed E-state index contributed by atoms with van der Waals surface area (Å²) in [5.41, 5.74) is 9.00. The molecule has 0 saturated carbocycles. The van der Waals surface area contributed by atoms with E-state index < -0.39 is 0 Å². The molecule has 0 aliphatic rings. The van der Waals surface area contributed by atoms with Crippen LogP contribution >= 0.6 is 24.0 Å². The number of anilines is 1. The number of hydrogen-bond acceptors (Lipinski definition) is 4. The molecule has 0 aromatic heterocycles. The second-order valence-electron chi connectivity index (χ2n) is 6.12. The molecule has 0 unspecified atom stereocenters. The number of ether oxygens (including phenoxy) is 3. The first-order valence-electron chi connectivity index (χ1n) is 8.44. The summed E-state index contributed by atoms with van der Waals surface area (Å²) in [5, 5.41) is 3.13. The molecule has 148 valence electrons. The average Bonchev–Trinajstić information content (AvgIpc) is 2.65. The number of nitrogens with one attached hydrogen (secondary N) is 1. The fourth-order valence-corrected chi connectivity index (χ4v) is 2.56. The predicted octanol–water partition coefficient (Wildman–Crippen LogP) is 4.38. The van der Waals surface area contributed by atoms with E-state index in [1.54, 1.807) is 33.5 Å². The number of nitrogens with two attached hydrogens (primary N) is 1. The van der Waals surface area contributed by atoms with Gasteiger partial charge in [-0.15, -0.1) is 24.0 Å². The van der Waals surface area contributed by atoms with Gasteiger partial charge >= 0.3 is 0 Å². The number of hydrogen-bond donors (Lipinski definition) is 2. The van der Waals surface area contributed by atoms with Gasteiger partial charge in [-0.2, -0.15) is 0 Å². The molecule has 6 nitrogen and oxygen atoms in total. The molecule has 0 radical (unpaired) electrons. The van der Waals surface area contributed by atoms with Crippen molar-refractivity contribution in [3.8, 4) is 17.2 Å². The van der Waals surface area contributed by atoms with Gasteiger partial charge in [0.25, 0.3) is 0 Å². The zero-order valence-electron chi connectivity index (χ0n) is 16.4. The number of benzene rings is 2. The first-order valence-corrected chi connectivity index (χ1v) is 8.44. The molecule has 0 heterocycles. The zero-order chi connectivity index (χ0) is 19.1. The van der Waals surface area contributed by atoms with Gasteiger partial charge in [0.1, 0.15) is 17.2 Å². The molecule has 0 saturated heterocycles. The summed E-state index contributed by atoms with van der Waals surface area (Å²) >= 11 is 0. The molecule has 7 heteroatoms. The molecule has 2 aromatic carbocycles. The molecular formula is C20H28IN3O3. The van der Waals surface area contributed by atoms with Crippen molar-refractivity contribution in [2.75, 3.05) is 26.6 Å². The van der Waals surface area contributed by atoms with Crippen molar-refractivity contribution in [2.45, 2.75) is 26.3 Å². The van der Waals surface area contributed by atoms with Crippen LogP contribution in [0.25, 0.3) is 0 Å². The normalized spacial score (nSPS) is 11.0. The van der Waals surface area contributed by atoms with Crippen LogP contribution in [0.3, 0.4) is 0 Å². The topological polar surface area (TPSA) is 78.1 Å². The molecule has 2 aromatic rings. The number of halogens is 1. The van der Waals surface area contributed by atoms with Gasteiger partial charge in [-0.25, -0.2) is 4.99 Å². The molecule has 0 spiro atoms. The van der Waals surface area contributed by atoms with Crippen LogP contribution in [0.15, 0.2) is 41.4 Å². The van der Waals surface area contributed by atoms with Crippen LogP contribution < -0.4 is 25.3 Å². The Bertz CT molecular complexity index is 754. The Labute approximate surface area is 178 Å². The average molecular weight is 485 g/mol. The number of nitrogens with zero attached hydrogens (tertiary/aromatic N) is 1. The van der Waals surface area contributed by atoms with Crippen LogP contribution in [0.2, 0.25) is 0 Å². The maximum Gasteiger partial charge on any atom is 0.193 e. The molecule has 27 heavy (non-hydrogen) atoms. The van der Waals surface area contributed by atoms with E-state index >= 15 is 0 Å². The van der Waals surface area contributed by atoms with Gasteiger partial charge in [-0.3, -0.25) is 0 Å². The maximum atomic E-state index is 6.05. The van der Waals surface area contributed by atoms with Crippen LogP contribution in [-0.4, -0.2) is 27.3 Å². The van der Waals surface area contributed by atoms with E-state index in [1.165, 1.54) is 5.56 Å². The fraction of sp³-hybridized carbons (Fsp3) is 0.350. The van der Waals surface area contributed by atoms with Gasteiger partial charge in [-0.05, 0) is 23.6 Å². The molecule has 0 fully saturated rings. The second kappa shape index (κ2) is 10.9. The highest BCUT2D eigenvalue weighted by atomic mass is 127. The van der Waals surface area contributed by atoms with Crippen molar-refractivity contribution in [3.63, 3.8) is 0 Å². The van der Waals surface area contributed by atoms with Gasteiger partial charge in [0.15, 0.2) is 5.96 Å². The van der Waals surface area contributed by atoms with Gasteiger partial charge in [0.05, 0.1) is 33.4 Å². The predicted molar refractivity (Wildman–Crippen MR) is 121 cm³/mol. The van der Waals surface area contributed by atoms with Crippen LogP contribution in [0.4, 0.5) is 5.69 Å². The number of rotatable bonds is 7. The standard InChI is InChI=1S/C20H27N3O3.HI/c1-13(2)14-7-6-8-15(9-14)23-20(21)22-12-17-18(25-4)10-16(24-3)11-19(17)26-5;/h6-11,13H,12H2,1-5H3,(H3,21,22,23);1H. The summed E-state index contributed by atoms with van der Waals surface area (Å²) in [6.45, 7) is 4.62. The monoisotopic (exact) mass is 485 g/mol. The Morgan fingerprint density at radius 1 is 1.04 bits per heavy atom. The third-order valence-corrected chi connectivity index (χ3v) is 4.05. The smallest absolute Gasteiger partial charge is 0.193 e. The highest BCUT2D eigenvalue weighted by Gasteiger charge is 2.13. The van der Waals surface area contributed by atoms with E-state index in [2.05, 4.69) is 36.3 Å². The lowest BCUT2D eigenvalue weighted by atomic mass is 10.0. The van der Waals surface area contributed by atoms with Crippen molar-refractivity contribution < 1.29 is 14.2 Å². The number of aliphatic imine (C=N–C) groups is 1. The van der Waals surface area contributed by atoms with Crippen molar-refractivity contribution in [3.05, 3.63) is 47.5 Å². The SMILES string of the molecule is COc1cc(OC)c(CN=C(N)Nc2cccc(C(C)C)c2)c(OC)c1.I. The quantitative estimate of drug-likeness (QED) is 0.346. The summed E-state index contributed by atoms with van der Waals surface area (Å²) in [7, 11) is 4.79. The Morgan fingerprint density at radius 3 is 2.19 bits per heavy atom. The van der Waals surface area contributed by atoms with Gasteiger partial charge in [0.2, 0.25) is 0 Å². The molecule has 0 bridgehead atoms. The lowest BCUT2D eigenvalue weighted by Crippen LogP contribution is -2.22. The minimum Gasteiger partial charge on any atom is -0.496 e. The van der Waals surface area contributed by atoms with E-state index in [0.29, 0.717) is 35.7 Å². The molecule has 0 atom stereocenters. The van der Waals surface area contributed by atoms with Crippen LogP contribution in [0.1, 0.15) is 30.9 Å². The maximum absolute atomic E-state index is 6.05. The third kappa shape index (κ3) is 6.20. The molecule has 3 N–H and O–H groups in total. The molecule has 0 aliphatic carbocycles. The van der Waals surface area contributed by atoms with Gasteiger partial charge in [-0.1, -0.05) is 26.0 Å². The highest BCUT2D eigenvalue weighted by molar-refractivity contribution is 14.0. The minimum absolute atomic E-state index is 0. The zero-order valence-corrected chi connectivity index (χ0v) is 18.7. The lowest BCUT2D eigenvalue weighted by molar-refractivity contribution is 0.369. The summed E-state index contributed by atoms with van der Waals surface area (Å²) in [5.74, 6) is 2.70. The molecule has 0 aliphatic heterocycles. The third-order valence-electron chi connectivity index (χ3n) is 4.05. The Morgan fingerprint density at radius 2 is 1.67 bits per heavy atom. The highest BCUT2D eigenvalue weighted by Crippen LogP contribution is 2.34. The van der Waals surface area contributed by atoms with E-state index in [1.807, 2.05) is 12.1 Å². The summed E-state index contributed by atoms with van der Waals surface area (Å²) in [6, 6.07) is 11.7. The molecule has 2 rings (SSSR count). The Kier molecular flexibility index (Phi) is 9.20. The second-order valence-corrected chi connectivity index (χ2v) is 6.12. The first kappa shape index (κ1) is 22.9. The van der Waals surface area contributed by atoms with E-state index in [4.69, 9.17) is 19.9 Å². The van der Waals surface area contributed by atoms with Crippen LogP contribution in [-0.2, 0) is 6.54 Å². The number of methoxy groups -OCH3 is 3. The largest absolute Gasteiger partial charge is 0.496 e. The van der Waals surface area contributed by atoms with Crippen molar-refractivity contribution in [1.82, 2.24) is 0 Å². The Hall–Kier alpha value is -2.16. The molecule has 0 amide bonds. The van der Waals surface area contributed by atoms with Crippen molar-refractivity contribution >= 4 is 35.6 Å². The summed E-state index contributed by atoms with van der Waals surface area (Å²) < 4.78 is 16.1. The summed E-state index contributed by atoms with van der Waals surface area (Å²) in [6.07, 6.45) is 0. The van der Waals surface area contributed by atoms with Crippen LogP contribution in [0.5, 0.6) is 17.2 Å². The Balaban J connectivity index is 0.00000364. The number of guanidine groups is 1. The van der Waals surface area contributed by atoms with Crippen molar-refractivity contribution in [1.29, 1.82) is 0 Å². The van der Waals surface area contributed by atoms with E-state index in [9.17, 15) is 0 Å². The lowest BCUT2D eigenvalue weighted by Gasteiger charge is -2.14. The van der Waals surface area contributed by atoms with Crippen molar-refractivity contribution in [2.24, 2.45) is 10.7 Å². The first-order chi connectivity index (χ1) is 12.5. The van der Waals surface area contributed by atoms with E-state index in [0.717, 1.165) is 11.3 Å². The fourth-order valence-electron chi connectivity index (χ4n) is 2.56. The summed E-state index contributed by atoms with van der Waals surface area (Å²) in [4.78, 5) is 4.42. The van der Waals surface area contributed by atoms with E-state index in [-0.39, 0.29) is 24.0 Å². The van der Waals surface area contributed by atoms with Gasteiger partial charge < -0.3 is 25.3 Å². The van der Waals surface area contributed by atoms with Crippen LogP contribution in [0, 0.1) is 0 Å². The minimum atomic E-state index is 0.